The van der Waals surface area contributed by atoms with Crippen LogP contribution in [-0.4, -0.2) is 96.1 Å². The summed E-state index contributed by atoms with van der Waals surface area (Å²) >= 11 is 0. The van der Waals surface area contributed by atoms with Crippen LogP contribution >= 0.6 is 0 Å². The molecular weight excluding hydrogens is 578 g/mol. The van der Waals surface area contributed by atoms with Crippen LogP contribution in [0.4, 0.5) is 23.5 Å². The summed E-state index contributed by atoms with van der Waals surface area (Å²) in [7, 11) is 1.65. The summed E-state index contributed by atoms with van der Waals surface area (Å²) < 4.78 is 0. The SMILES string of the molecule is CNc1nc(Nc2cccc(CN3CCN(C(=O)c4nccnc4O)CC3)c2)nc(NC(Cc2ccc(C#N)cc2)C(=O)O)n1. The molecule has 15 nitrogen and oxygen atoms in total. The second kappa shape index (κ2) is 14.1. The second-order valence-corrected chi connectivity index (χ2v) is 10.2. The van der Waals surface area contributed by atoms with Gasteiger partial charge in [-0.05, 0) is 35.4 Å². The van der Waals surface area contributed by atoms with E-state index in [0.717, 1.165) is 16.8 Å². The summed E-state index contributed by atoms with van der Waals surface area (Å²) in [6, 6.07) is 15.5. The van der Waals surface area contributed by atoms with Crippen LogP contribution in [-0.2, 0) is 17.8 Å². The minimum Gasteiger partial charge on any atom is -0.492 e. The molecule has 3 heterocycles. The van der Waals surface area contributed by atoms with E-state index in [-0.39, 0.29) is 41.7 Å². The van der Waals surface area contributed by atoms with Crippen LogP contribution in [0.1, 0.15) is 27.2 Å². The Hall–Kier alpha value is -5.88. The molecule has 5 rings (SSSR count). The molecule has 1 atom stereocenters. The van der Waals surface area contributed by atoms with E-state index in [0.29, 0.717) is 38.3 Å². The number of carbonyl (C=O) groups excluding carboxylic acids is 1. The van der Waals surface area contributed by atoms with E-state index in [9.17, 15) is 19.8 Å². The van der Waals surface area contributed by atoms with E-state index in [1.165, 1.54) is 12.4 Å². The number of rotatable bonds is 11. The fraction of sp³-hybridized carbons (Fsp3) is 0.267. The fourth-order valence-electron chi connectivity index (χ4n) is 4.79. The van der Waals surface area contributed by atoms with E-state index in [2.05, 4.69) is 45.8 Å². The number of piperazine rings is 1. The zero-order chi connectivity index (χ0) is 31.8. The molecule has 1 amide bonds. The largest absolute Gasteiger partial charge is 0.492 e. The molecule has 1 fully saturated rings. The van der Waals surface area contributed by atoms with Gasteiger partial charge in [0.25, 0.3) is 5.91 Å². The number of nitriles is 1. The van der Waals surface area contributed by atoms with Crippen molar-refractivity contribution in [3.05, 3.63) is 83.3 Å². The number of carbonyl (C=O) groups is 2. The average molecular weight is 610 g/mol. The molecule has 0 bridgehead atoms. The van der Waals surface area contributed by atoms with E-state index in [4.69, 9.17) is 5.26 Å². The third-order valence-corrected chi connectivity index (χ3v) is 7.11. The lowest BCUT2D eigenvalue weighted by molar-refractivity contribution is -0.137. The zero-order valence-corrected chi connectivity index (χ0v) is 24.4. The van der Waals surface area contributed by atoms with Gasteiger partial charge in [0.1, 0.15) is 6.04 Å². The van der Waals surface area contributed by atoms with Crippen molar-refractivity contribution in [1.29, 1.82) is 5.26 Å². The maximum Gasteiger partial charge on any atom is 0.326 e. The number of aromatic hydroxyl groups is 1. The smallest absolute Gasteiger partial charge is 0.326 e. The zero-order valence-electron chi connectivity index (χ0n) is 24.4. The number of carboxylic acids is 1. The Morgan fingerprint density at radius 2 is 1.67 bits per heavy atom. The number of anilines is 4. The number of aliphatic carboxylic acids is 1. The molecule has 45 heavy (non-hydrogen) atoms. The van der Waals surface area contributed by atoms with Gasteiger partial charge in [0.15, 0.2) is 5.69 Å². The number of carboxylic acid groups (broad SMARTS) is 1. The molecule has 1 aliphatic rings. The molecule has 2 aromatic carbocycles. The fourth-order valence-corrected chi connectivity index (χ4v) is 4.79. The number of nitrogens with zero attached hydrogens (tertiary/aromatic N) is 8. The molecule has 230 valence electrons. The van der Waals surface area contributed by atoms with Crippen molar-refractivity contribution in [1.82, 2.24) is 34.7 Å². The standard InChI is InChI=1S/C30H31N11O4/c1-32-28-37-29(39-30(38-28)36-23(27(44)45)16-19-5-7-20(17-31)8-6-19)35-22-4-2-3-21(15-22)18-40-11-13-41(14-12-40)26(43)24-25(42)34-10-9-33-24/h2-10,15,23H,11-14,16,18H2,1H3,(H,34,42)(H,44,45)(H3,32,35,36,37,38,39). The summed E-state index contributed by atoms with van der Waals surface area (Å²) in [4.78, 5) is 49.4. The third-order valence-electron chi connectivity index (χ3n) is 7.11. The molecule has 0 aliphatic carbocycles. The van der Waals surface area contributed by atoms with Gasteiger partial charge in [-0.25, -0.2) is 14.8 Å². The average Bonchev–Trinajstić information content (AvgIpc) is 3.05. The molecule has 0 saturated carbocycles. The van der Waals surface area contributed by atoms with Gasteiger partial charge in [-0.2, -0.15) is 20.2 Å². The summed E-state index contributed by atoms with van der Waals surface area (Å²) in [5.41, 5.74) is 2.94. The Bertz CT molecular complexity index is 1700. The van der Waals surface area contributed by atoms with Crippen LogP contribution in [0.15, 0.2) is 60.9 Å². The number of hydrogen-bond donors (Lipinski definition) is 5. The van der Waals surface area contributed by atoms with Crippen LogP contribution in [0.3, 0.4) is 0 Å². The number of nitrogens with one attached hydrogen (secondary N) is 3. The Balaban J connectivity index is 1.22. The highest BCUT2D eigenvalue weighted by atomic mass is 16.4. The molecule has 2 aromatic heterocycles. The molecule has 15 heteroatoms. The number of benzene rings is 2. The van der Waals surface area contributed by atoms with Crippen molar-refractivity contribution in [3.63, 3.8) is 0 Å². The van der Waals surface area contributed by atoms with E-state index >= 15 is 0 Å². The highest BCUT2D eigenvalue weighted by Crippen LogP contribution is 2.20. The van der Waals surface area contributed by atoms with Crippen molar-refractivity contribution in [2.24, 2.45) is 0 Å². The topological polar surface area (TPSA) is 205 Å². The maximum atomic E-state index is 12.7. The molecule has 1 saturated heterocycles. The molecule has 0 radical (unpaired) electrons. The van der Waals surface area contributed by atoms with Crippen LogP contribution in [0.2, 0.25) is 0 Å². The van der Waals surface area contributed by atoms with Crippen molar-refractivity contribution >= 4 is 35.4 Å². The van der Waals surface area contributed by atoms with Crippen molar-refractivity contribution < 1.29 is 19.8 Å². The van der Waals surface area contributed by atoms with Gasteiger partial charge in [-0.1, -0.05) is 24.3 Å². The number of aromatic nitrogens is 5. The predicted octanol–water partition coefficient (Wildman–Crippen LogP) is 2.09. The van der Waals surface area contributed by atoms with Crippen LogP contribution in [0.5, 0.6) is 5.88 Å². The molecule has 1 unspecified atom stereocenters. The molecule has 0 spiro atoms. The van der Waals surface area contributed by atoms with Gasteiger partial charge in [0.2, 0.25) is 23.7 Å². The molecule has 1 aliphatic heterocycles. The molecule has 5 N–H and O–H groups in total. The second-order valence-electron chi connectivity index (χ2n) is 10.2. The monoisotopic (exact) mass is 609 g/mol. The highest BCUT2D eigenvalue weighted by Gasteiger charge is 2.25. The van der Waals surface area contributed by atoms with Gasteiger partial charge in [-0.3, -0.25) is 9.69 Å². The quantitative estimate of drug-likeness (QED) is 0.165. The van der Waals surface area contributed by atoms with Crippen LogP contribution in [0.25, 0.3) is 0 Å². The molecular formula is C30H31N11O4. The Morgan fingerprint density at radius 1 is 0.956 bits per heavy atom. The lowest BCUT2D eigenvalue weighted by atomic mass is 10.0. The van der Waals surface area contributed by atoms with Crippen LogP contribution < -0.4 is 16.0 Å². The lowest BCUT2D eigenvalue weighted by Gasteiger charge is -2.34. The highest BCUT2D eigenvalue weighted by molar-refractivity contribution is 5.94. The summed E-state index contributed by atoms with van der Waals surface area (Å²) in [5.74, 6) is -1.25. The van der Waals surface area contributed by atoms with Crippen LogP contribution in [0, 0.1) is 11.3 Å². The number of amides is 1. The number of hydrogen-bond acceptors (Lipinski definition) is 13. The summed E-state index contributed by atoms with van der Waals surface area (Å²) in [6.45, 7) is 2.91. The minimum atomic E-state index is -1.08. The maximum absolute atomic E-state index is 12.7. The Morgan fingerprint density at radius 3 is 2.36 bits per heavy atom. The van der Waals surface area contributed by atoms with Crippen molar-refractivity contribution in [3.8, 4) is 11.9 Å². The Kier molecular flexibility index (Phi) is 9.55. The van der Waals surface area contributed by atoms with Gasteiger partial charge >= 0.3 is 5.97 Å². The van der Waals surface area contributed by atoms with E-state index in [1.807, 2.05) is 30.3 Å². The van der Waals surface area contributed by atoms with Gasteiger partial charge in [0, 0.05) is 64.3 Å². The minimum absolute atomic E-state index is 0.0485. The third kappa shape index (κ3) is 7.94. The lowest BCUT2D eigenvalue weighted by Crippen LogP contribution is -2.48. The first kappa shape index (κ1) is 30.6. The van der Waals surface area contributed by atoms with E-state index in [1.54, 1.807) is 36.2 Å². The van der Waals surface area contributed by atoms with Crippen molar-refractivity contribution in [2.45, 2.75) is 19.0 Å². The van der Waals surface area contributed by atoms with Gasteiger partial charge in [0.05, 0.1) is 11.6 Å². The van der Waals surface area contributed by atoms with E-state index < -0.39 is 12.0 Å². The normalized spacial score (nSPS) is 13.8. The summed E-state index contributed by atoms with van der Waals surface area (Å²) in [6.07, 6.45) is 2.86. The van der Waals surface area contributed by atoms with Crippen molar-refractivity contribution in [2.75, 3.05) is 49.2 Å². The first-order valence-electron chi connectivity index (χ1n) is 14.1. The first-order chi connectivity index (χ1) is 21.8. The summed E-state index contributed by atoms with van der Waals surface area (Å²) in [5, 5.41) is 37.7. The first-order valence-corrected chi connectivity index (χ1v) is 14.1. The van der Waals surface area contributed by atoms with Gasteiger partial charge < -0.3 is 31.1 Å². The molecule has 4 aromatic rings. The predicted molar refractivity (Wildman–Crippen MR) is 164 cm³/mol. The van der Waals surface area contributed by atoms with Gasteiger partial charge in [-0.15, -0.1) is 0 Å². The Labute approximate surface area is 258 Å².